The van der Waals surface area contributed by atoms with Crippen molar-refractivity contribution in [3.8, 4) is 6.07 Å². The third-order valence-corrected chi connectivity index (χ3v) is 6.17. The molecule has 1 atom stereocenters. The summed E-state index contributed by atoms with van der Waals surface area (Å²) in [4.78, 5) is 26.4. The highest BCUT2D eigenvalue weighted by molar-refractivity contribution is 7.14. The fraction of sp³-hybridized carbons (Fsp3) is 0.389. The molecule has 2 aromatic heterocycles. The standard InChI is InChI=1S/C18H18N2O3S2/c1-11(16(21)20-17-13(10-19)7-8-24-17)23-18(22)15-9-12-5-3-2-4-6-14(12)25-15/h7-9,11H,2-6H2,1H3,(H,20,21)/t11-/m1/s1. The van der Waals surface area contributed by atoms with Crippen molar-refractivity contribution in [3.05, 3.63) is 38.4 Å². The lowest BCUT2D eigenvalue weighted by Crippen LogP contribution is -2.29. The van der Waals surface area contributed by atoms with Gasteiger partial charge >= 0.3 is 5.97 Å². The normalized spacial score (nSPS) is 14.7. The zero-order chi connectivity index (χ0) is 17.8. The zero-order valence-corrected chi connectivity index (χ0v) is 15.5. The van der Waals surface area contributed by atoms with Gasteiger partial charge in [0.15, 0.2) is 6.10 Å². The highest BCUT2D eigenvalue weighted by Gasteiger charge is 2.23. The lowest BCUT2D eigenvalue weighted by Gasteiger charge is -2.12. The lowest BCUT2D eigenvalue weighted by atomic mass is 10.1. The summed E-state index contributed by atoms with van der Waals surface area (Å²) in [5, 5.41) is 13.8. The molecule has 130 valence electrons. The summed E-state index contributed by atoms with van der Waals surface area (Å²) in [5.74, 6) is -0.905. The average molecular weight is 374 g/mol. The van der Waals surface area contributed by atoms with Gasteiger partial charge in [-0.25, -0.2) is 4.79 Å². The molecule has 1 aliphatic carbocycles. The van der Waals surface area contributed by atoms with E-state index in [1.807, 2.05) is 12.1 Å². The van der Waals surface area contributed by atoms with Gasteiger partial charge in [-0.1, -0.05) is 6.42 Å². The fourth-order valence-electron chi connectivity index (χ4n) is 2.75. The summed E-state index contributed by atoms with van der Waals surface area (Å²) in [5.41, 5.74) is 1.64. The number of aryl methyl sites for hydroxylation is 2. The van der Waals surface area contributed by atoms with Gasteiger partial charge in [-0.05, 0) is 55.7 Å². The van der Waals surface area contributed by atoms with Gasteiger partial charge < -0.3 is 10.1 Å². The zero-order valence-electron chi connectivity index (χ0n) is 13.8. The number of amides is 1. The highest BCUT2D eigenvalue weighted by Crippen LogP contribution is 2.29. The molecule has 2 aromatic rings. The van der Waals surface area contributed by atoms with E-state index in [1.165, 1.54) is 46.5 Å². The second-order valence-corrected chi connectivity index (χ2v) is 7.98. The number of carbonyl (C=O) groups excluding carboxylic acids is 2. The van der Waals surface area contributed by atoms with Crippen LogP contribution < -0.4 is 5.32 Å². The van der Waals surface area contributed by atoms with Crippen LogP contribution in [-0.2, 0) is 22.4 Å². The second-order valence-electron chi connectivity index (χ2n) is 5.93. The van der Waals surface area contributed by atoms with Gasteiger partial charge in [-0.3, -0.25) is 4.79 Å². The van der Waals surface area contributed by atoms with Crippen LogP contribution in [0.3, 0.4) is 0 Å². The number of ether oxygens (including phenoxy) is 1. The van der Waals surface area contributed by atoms with Crippen LogP contribution in [-0.4, -0.2) is 18.0 Å². The molecule has 0 aliphatic heterocycles. The van der Waals surface area contributed by atoms with E-state index in [9.17, 15) is 9.59 Å². The van der Waals surface area contributed by atoms with Gasteiger partial charge in [0.2, 0.25) is 0 Å². The third kappa shape index (κ3) is 4.09. The topological polar surface area (TPSA) is 79.2 Å². The number of fused-ring (bicyclic) bond motifs is 1. The van der Waals surface area contributed by atoms with Crippen molar-refractivity contribution in [3.63, 3.8) is 0 Å². The third-order valence-electron chi connectivity index (χ3n) is 4.12. The first-order valence-corrected chi connectivity index (χ1v) is 9.89. The number of hydrogen-bond acceptors (Lipinski definition) is 6. The van der Waals surface area contributed by atoms with E-state index in [-0.39, 0.29) is 0 Å². The number of thiophene rings is 2. The lowest BCUT2D eigenvalue weighted by molar-refractivity contribution is -0.123. The number of nitrogens with one attached hydrogen (secondary N) is 1. The van der Waals surface area contributed by atoms with Crippen LogP contribution in [0.25, 0.3) is 0 Å². The smallest absolute Gasteiger partial charge is 0.349 e. The number of esters is 1. The molecule has 0 aromatic carbocycles. The molecule has 0 saturated carbocycles. The maximum atomic E-state index is 12.3. The Bertz CT molecular complexity index is 808. The minimum atomic E-state index is -0.928. The van der Waals surface area contributed by atoms with E-state index in [4.69, 9.17) is 10.00 Å². The minimum Gasteiger partial charge on any atom is -0.448 e. The first-order valence-electron chi connectivity index (χ1n) is 8.19. The molecule has 2 heterocycles. The van der Waals surface area contributed by atoms with Crippen molar-refractivity contribution in [2.24, 2.45) is 0 Å². The Morgan fingerprint density at radius 2 is 2.12 bits per heavy atom. The Balaban J connectivity index is 1.62. The number of hydrogen-bond donors (Lipinski definition) is 1. The van der Waals surface area contributed by atoms with E-state index in [2.05, 4.69) is 5.32 Å². The molecule has 3 rings (SSSR count). The van der Waals surface area contributed by atoms with Gasteiger partial charge in [0.25, 0.3) is 5.91 Å². The number of nitriles is 1. The summed E-state index contributed by atoms with van der Waals surface area (Å²) >= 11 is 2.74. The quantitative estimate of drug-likeness (QED) is 0.644. The Labute approximate surface area is 154 Å². The van der Waals surface area contributed by atoms with Crippen molar-refractivity contribution in [2.45, 2.75) is 45.1 Å². The fourth-order valence-corrected chi connectivity index (χ4v) is 4.62. The first-order chi connectivity index (χ1) is 12.1. The molecule has 0 bridgehead atoms. The number of anilines is 1. The van der Waals surface area contributed by atoms with Crippen LogP contribution in [0.2, 0.25) is 0 Å². The van der Waals surface area contributed by atoms with Crippen LogP contribution in [0.15, 0.2) is 17.5 Å². The number of carbonyl (C=O) groups is 2. The summed E-state index contributed by atoms with van der Waals surface area (Å²) in [7, 11) is 0. The Kier molecular flexibility index (Phi) is 5.51. The van der Waals surface area contributed by atoms with E-state index in [0.717, 1.165) is 25.7 Å². The summed E-state index contributed by atoms with van der Waals surface area (Å²) < 4.78 is 5.31. The van der Waals surface area contributed by atoms with E-state index in [1.54, 1.807) is 11.4 Å². The predicted octanol–water partition coefficient (Wildman–Crippen LogP) is 4.13. The van der Waals surface area contributed by atoms with Crippen LogP contribution in [0.4, 0.5) is 5.00 Å². The number of rotatable bonds is 4. The van der Waals surface area contributed by atoms with Crippen LogP contribution in [0, 0.1) is 11.3 Å². The van der Waals surface area contributed by atoms with Crippen molar-refractivity contribution in [1.29, 1.82) is 5.26 Å². The Morgan fingerprint density at radius 1 is 1.32 bits per heavy atom. The summed E-state index contributed by atoms with van der Waals surface area (Å²) in [6.45, 7) is 1.53. The molecule has 0 unspecified atom stereocenters. The second kappa shape index (κ2) is 7.81. The molecule has 25 heavy (non-hydrogen) atoms. The molecule has 1 aliphatic rings. The molecule has 0 radical (unpaired) electrons. The maximum Gasteiger partial charge on any atom is 0.349 e. The summed E-state index contributed by atoms with van der Waals surface area (Å²) in [6.07, 6.45) is 4.62. The van der Waals surface area contributed by atoms with Crippen molar-refractivity contribution in [1.82, 2.24) is 0 Å². The van der Waals surface area contributed by atoms with Crippen molar-refractivity contribution >= 4 is 39.6 Å². The predicted molar refractivity (Wildman–Crippen MR) is 98.1 cm³/mol. The maximum absolute atomic E-state index is 12.3. The van der Waals surface area contributed by atoms with Gasteiger partial charge in [-0.2, -0.15) is 5.26 Å². The van der Waals surface area contributed by atoms with Gasteiger partial charge in [-0.15, -0.1) is 22.7 Å². The molecule has 0 spiro atoms. The molecule has 0 fully saturated rings. The molecule has 1 amide bonds. The first kappa shape index (κ1) is 17.6. The van der Waals surface area contributed by atoms with E-state index >= 15 is 0 Å². The molecular weight excluding hydrogens is 356 g/mol. The van der Waals surface area contributed by atoms with Crippen LogP contribution >= 0.6 is 22.7 Å². The molecule has 7 heteroatoms. The largest absolute Gasteiger partial charge is 0.448 e. The summed E-state index contributed by atoms with van der Waals surface area (Å²) in [6, 6.07) is 5.55. The molecule has 0 saturated heterocycles. The van der Waals surface area contributed by atoms with Crippen LogP contribution in [0.1, 0.15) is 51.9 Å². The molecular formula is C18H18N2O3S2. The van der Waals surface area contributed by atoms with Gasteiger partial charge in [0.1, 0.15) is 15.9 Å². The van der Waals surface area contributed by atoms with Gasteiger partial charge in [0, 0.05) is 4.88 Å². The highest BCUT2D eigenvalue weighted by atomic mass is 32.1. The van der Waals surface area contributed by atoms with Crippen molar-refractivity contribution in [2.75, 3.05) is 5.32 Å². The molecule has 5 nitrogen and oxygen atoms in total. The number of nitrogens with zero attached hydrogens (tertiary/aromatic N) is 1. The Hall–Kier alpha value is -2.17. The monoisotopic (exact) mass is 374 g/mol. The molecule has 1 N–H and O–H groups in total. The van der Waals surface area contributed by atoms with E-state index in [0.29, 0.717) is 15.4 Å². The minimum absolute atomic E-state index is 0.402. The van der Waals surface area contributed by atoms with Crippen molar-refractivity contribution < 1.29 is 14.3 Å². The SMILES string of the molecule is C[C@@H](OC(=O)c1cc2c(s1)CCCCC2)C(=O)Nc1sccc1C#N. The average Bonchev–Trinajstić information content (AvgIpc) is 3.16. The van der Waals surface area contributed by atoms with Crippen LogP contribution in [0.5, 0.6) is 0 Å². The van der Waals surface area contributed by atoms with Gasteiger partial charge in [0.05, 0.1) is 5.56 Å². The van der Waals surface area contributed by atoms with E-state index < -0.39 is 18.0 Å². The Morgan fingerprint density at radius 3 is 2.92 bits per heavy atom.